The van der Waals surface area contributed by atoms with Crippen LogP contribution < -0.4 is 5.32 Å². The summed E-state index contributed by atoms with van der Waals surface area (Å²) < 4.78 is 13.1. The second-order valence-corrected chi connectivity index (χ2v) is 3.85. The fourth-order valence-electron chi connectivity index (χ4n) is 2.16. The number of aryl methyl sites for hydroxylation is 1. The fraction of sp³-hybridized carbons (Fsp3) is 0.500. The standard InChI is InChI=1S/C12H16FN/c1-2-9-5-6-10(13)8-11(9)12-4-3-7-14-12/h5-6,8,12,14H,2-4,7H2,1H3/t12-/m0/s1. The number of rotatable bonds is 2. The highest BCUT2D eigenvalue weighted by atomic mass is 19.1. The van der Waals surface area contributed by atoms with Gasteiger partial charge in [-0.3, -0.25) is 0 Å². The molecule has 1 fully saturated rings. The van der Waals surface area contributed by atoms with Gasteiger partial charge in [0.15, 0.2) is 0 Å². The third kappa shape index (κ3) is 1.80. The van der Waals surface area contributed by atoms with Crippen LogP contribution >= 0.6 is 0 Å². The normalized spacial score (nSPS) is 21.4. The lowest BCUT2D eigenvalue weighted by molar-refractivity contribution is 0.602. The molecule has 1 aliphatic rings. The topological polar surface area (TPSA) is 12.0 Å². The van der Waals surface area contributed by atoms with Crippen molar-refractivity contribution in [3.63, 3.8) is 0 Å². The third-order valence-corrected chi connectivity index (χ3v) is 2.92. The van der Waals surface area contributed by atoms with Crippen LogP contribution in [-0.2, 0) is 6.42 Å². The zero-order valence-electron chi connectivity index (χ0n) is 8.52. The molecule has 0 aliphatic carbocycles. The van der Waals surface area contributed by atoms with Gasteiger partial charge in [0.25, 0.3) is 0 Å². The maximum Gasteiger partial charge on any atom is 0.123 e. The Morgan fingerprint density at radius 2 is 2.36 bits per heavy atom. The Morgan fingerprint density at radius 3 is 3.00 bits per heavy atom. The summed E-state index contributed by atoms with van der Waals surface area (Å²) in [6, 6.07) is 5.52. The van der Waals surface area contributed by atoms with Crippen molar-refractivity contribution in [2.24, 2.45) is 0 Å². The SMILES string of the molecule is CCc1ccc(F)cc1[C@@H]1CCCN1. The average molecular weight is 193 g/mol. The number of halogens is 1. The van der Waals surface area contributed by atoms with Crippen LogP contribution in [0.2, 0.25) is 0 Å². The van der Waals surface area contributed by atoms with Crippen LogP contribution in [-0.4, -0.2) is 6.54 Å². The maximum absolute atomic E-state index is 13.1. The molecule has 2 rings (SSSR count). The summed E-state index contributed by atoms with van der Waals surface area (Å²) in [6.07, 6.45) is 3.31. The monoisotopic (exact) mass is 193 g/mol. The van der Waals surface area contributed by atoms with Crippen molar-refractivity contribution in [3.8, 4) is 0 Å². The van der Waals surface area contributed by atoms with Crippen LogP contribution in [0.5, 0.6) is 0 Å². The van der Waals surface area contributed by atoms with Gasteiger partial charge in [-0.2, -0.15) is 0 Å². The summed E-state index contributed by atoms with van der Waals surface area (Å²) in [4.78, 5) is 0. The smallest absolute Gasteiger partial charge is 0.123 e. The maximum atomic E-state index is 13.1. The van der Waals surface area contributed by atoms with Gasteiger partial charge in [-0.15, -0.1) is 0 Å². The van der Waals surface area contributed by atoms with E-state index in [1.165, 1.54) is 12.0 Å². The van der Waals surface area contributed by atoms with Crippen molar-refractivity contribution in [1.29, 1.82) is 0 Å². The van der Waals surface area contributed by atoms with Crippen LogP contribution in [0.4, 0.5) is 4.39 Å². The summed E-state index contributed by atoms with van der Waals surface area (Å²) >= 11 is 0. The van der Waals surface area contributed by atoms with Crippen molar-refractivity contribution in [2.45, 2.75) is 32.2 Å². The van der Waals surface area contributed by atoms with Gasteiger partial charge >= 0.3 is 0 Å². The van der Waals surface area contributed by atoms with E-state index in [0.717, 1.165) is 24.9 Å². The summed E-state index contributed by atoms with van der Waals surface area (Å²) in [5.41, 5.74) is 2.43. The molecule has 0 saturated carbocycles. The molecular weight excluding hydrogens is 177 g/mol. The van der Waals surface area contributed by atoms with Crippen molar-refractivity contribution >= 4 is 0 Å². The van der Waals surface area contributed by atoms with Crippen molar-refractivity contribution in [2.75, 3.05) is 6.54 Å². The number of benzene rings is 1. The van der Waals surface area contributed by atoms with E-state index in [2.05, 4.69) is 12.2 Å². The Balaban J connectivity index is 2.33. The number of hydrogen-bond donors (Lipinski definition) is 1. The third-order valence-electron chi connectivity index (χ3n) is 2.92. The van der Waals surface area contributed by atoms with Gasteiger partial charge in [0, 0.05) is 6.04 Å². The quantitative estimate of drug-likeness (QED) is 0.761. The molecule has 76 valence electrons. The van der Waals surface area contributed by atoms with Crippen LogP contribution in [0.3, 0.4) is 0 Å². The van der Waals surface area contributed by atoms with Gasteiger partial charge in [0.1, 0.15) is 5.82 Å². The predicted octanol–water partition coefficient (Wildman–Crippen LogP) is 2.81. The van der Waals surface area contributed by atoms with Crippen LogP contribution in [0.15, 0.2) is 18.2 Å². The Hall–Kier alpha value is -0.890. The van der Waals surface area contributed by atoms with Gasteiger partial charge in [-0.25, -0.2) is 4.39 Å². The van der Waals surface area contributed by atoms with E-state index in [1.54, 1.807) is 12.1 Å². The van der Waals surface area contributed by atoms with E-state index in [1.807, 2.05) is 6.07 Å². The first-order chi connectivity index (χ1) is 6.81. The largest absolute Gasteiger partial charge is 0.310 e. The van der Waals surface area contributed by atoms with Crippen LogP contribution in [0.1, 0.15) is 36.9 Å². The van der Waals surface area contributed by atoms with E-state index in [9.17, 15) is 4.39 Å². The highest BCUT2D eigenvalue weighted by Gasteiger charge is 2.18. The van der Waals surface area contributed by atoms with Gasteiger partial charge in [0.2, 0.25) is 0 Å². The Labute approximate surface area is 84.3 Å². The minimum atomic E-state index is -0.120. The zero-order valence-corrected chi connectivity index (χ0v) is 8.52. The van der Waals surface area contributed by atoms with Crippen LogP contribution in [0.25, 0.3) is 0 Å². The molecule has 1 aliphatic heterocycles. The molecule has 1 heterocycles. The number of hydrogen-bond acceptors (Lipinski definition) is 1. The molecule has 1 aromatic carbocycles. The highest BCUT2D eigenvalue weighted by Crippen LogP contribution is 2.26. The van der Waals surface area contributed by atoms with E-state index >= 15 is 0 Å². The molecular formula is C12H16FN. The van der Waals surface area contributed by atoms with E-state index in [0.29, 0.717) is 6.04 Å². The van der Waals surface area contributed by atoms with Crippen molar-refractivity contribution < 1.29 is 4.39 Å². The Morgan fingerprint density at radius 1 is 1.50 bits per heavy atom. The molecule has 1 nitrogen and oxygen atoms in total. The van der Waals surface area contributed by atoms with Crippen molar-refractivity contribution in [3.05, 3.63) is 35.1 Å². The van der Waals surface area contributed by atoms with E-state index in [4.69, 9.17) is 0 Å². The minimum Gasteiger partial charge on any atom is -0.310 e. The molecule has 14 heavy (non-hydrogen) atoms. The molecule has 0 amide bonds. The van der Waals surface area contributed by atoms with E-state index < -0.39 is 0 Å². The van der Waals surface area contributed by atoms with Gasteiger partial charge < -0.3 is 5.32 Å². The Bertz CT molecular complexity index is 316. The lowest BCUT2D eigenvalue weighted by Gasteiger charge is -2.15. The first-order valence-electron chi connectivity index (χ1n) is 5.33. The molecule has 0 unspecified atom stereocenters. The van der Waals surface area contributed by atoms with Gasteiger partial charge in [-0.1, -0.05) is 13.0 Å². The molecule has 0 spiro atoms. The predicted molar refractivity (Wildman–Crippen MR) is 55.8 cm³/mol. The molecule has 0 bridgehead atoms. The fourth-order valence-corrected chi connectivity index (χ4v) is 2.16. The number of nitrogens with one attached hydrogen (secondary N) is 1. The molecule has 1 saturated heterocycles. The lowest BCUT2D eigenvalue weighted by atomic mass is 9.97. The molecule has 1 atom stereocenters. The minimum absolute atomic E-state index is 0.120. The summed E-state index contributed by atoms with van der Waals surface area (Å²) in [5, 5.41) is 3.41. The summed E-state index contributed by atoms with van der Waals surface area (Å²) in [6.45, 7) is 3.18. The summed E-state index contributed by atoms with van der Waals surface area (Å²) in [7, 11) is 0. The van der Waals surface area contributed by atoms with Gasteiger partial charge in [-0.05, 0) is 49.1 Å². The first kappa shape index (κ1) is 9.66. The van der Waals surface area contributed by atoms with Crippen LogP contribution in [0, 0.1) is 5.82 Å². The summed E-state index contributed by atoms with van der Waals surface area (Å²) in [5.74, 6) is -0.120. The Kier molecular flexibility index (Phi) is 2.82. The zero-order chi connectivity index (χ0) is 9.97. The second-order valence-electron chi connectivity index (χ2n) is 3.85. The molecule has 0 aromatic heterocycles. The first-order valence-corrected chi connectivity index (χ1v) is 5.33. The second kappa shape index (κ2) is 4.09. The molecule has 0 radical (unpaired) electrons. The lowest BCUT2D eigenvalue weighted by Crippen LogP contribution is -2.14. The molecule has 1 N–H and O–H groups in total. The molecule has 1 aromatic rings. The van der Waals surface area contributed by atoms with Crippen molar-refractivity contribution in [1.82, 2.24) is 5.32 Å². The van der Waals surface area contributed by atoms with Gasteiger partial charge in [0.05, 0.1) is 0 Å². The average Bonchev–Trinajstić information content (AvgIpc) is 2.70. The highest BCUT2D eigenvalue weighted by molar-refractivity contribution is 5.31. The van der Waals surface area contributed by atoms with E-state index in [-0.39, 0.29) is 5.82 Å². The molecule has 2 heteroatoms.